The lowest BCUT2D eigenvalue weighted by Crippen LogP contribution is -2.15. The summed E-state index contributed by atoms with van der Waals surface area (Å²) < 4.78 is 0. The molecule has 3 aliphatic rings. The number of fused-ring (bicyclic) bond motifs is 3. The molecule has 3 atom stereocenters. The van der Waals surface area contributed by atoms with Gasteiger partial charge in [-0.25, -0.2) is 9.97 Å². The van der Waals surface area contributed by atoms with Gasteiger partial charge in [-0.05, 0) is 31.1 Å². The summed E-state index contributed by atoms with van der Waals surface area (Å²) in [6.45, 7) is 0. The third-order valence-electron chi connectivity index (χ3n) is 4.70. The van der Waals surface area contributed by atoms with Gasteiger partial charge >= 0.3 is 0 Å². The van der Waals surface area contributed by atoms with Crippen molar-refractivity contribution in [1.29, 1.82) is 0 Å². The van der Waals surface area contributed by atoms with E-state index in [0.717, 1.165) is 35.0 Å². The summed E-state index contributed by atoms with van der Waals surface area (Å²) in [5.74, 6) is 6.21. The Hall–Kier alpha value is -0.770. The average Bonchev–Trinajstić information content (AvgIpc) is 3.04. The summed E-state index contributed by atoms with van der Waals surface area (Å²) in [7, 11) is 0. The zero-order valence-electron chi connectivity index (χ0n) is 9.85. The SMILES string of the molecule is Nc1nc(C2CC3CCC2C3)nc2c1CSC2. The molecule has 1 aromatic heterocycles. The molecule has 0 saturated heterocycles. The first kappa shape index (κ1) is 10.2. The molecule has 17 heavy (non-hydrogen) atoms. The molecule has 90 valence electrons. The highest BCUT2D eigenvalue weighted by Crippen LogP contribution is 2.52. The number of anilines is 1. The van der Waals surface area contributed by atoms with E-state index in [0.29, 0.717) is 5.92 Å². The van der Waals surface area contributed by atoms with E-state index in [4.69, 9.17) is 10.7 Å². The normalized spacial score (nSPS) is 34.2. The minimum Gasteiger partial charge on any atom is -0.383 e. The van der Waals surface area contributed by atoms with E-state index in [-0.39, 0.29) is 0 Å². The standard InChI is InChI=1S/C13H17N3S/c14-12-10-5-17-6-11(10)15-13(16-12)9-4-7-1-2-8(9)3-7/h7-9H,1-6H2,(H2,14,15,16). The van der Waals surface area contributed by atoms with Crippen LogP contribution in [0, 0.1) is 11.8 Å². The smallest absolute Gasteiger partial charge is 0.134 e. The molecule has 0 radical (unpaired) electrons. The number of hydrogen-bond donors (Lipinski definition) is 1. The number of nitrogen functional groups attached to an aromatic ring is 1. The van der Waals surface area contributed by atoms with Gasteiger partial charge in [-0.15, -0.1) is 0 Å². The van der Waals surface area contributed by atoms with E-state index in [1.165, 1.54) is 36.9 Å². The second kappa shape index (κ2) is 3.61. The maximum atomic E-state index is 6.07. The van der Waals surface area contributed by atoms with Gasteiger partial charge < -0.3 is 5.73 Å². The molecule has 3 unspecified atom stereocenters. The van der Waals surface area contributed by atoms with Gasteiger partial charge in [0, 0.05) is 23.0 Å². The molecule has 1 aromatic rings. The molecule has 0 aromatic carbocycles. The molecule has 2 aliphatic carbocycles. The lowest BCUT2D eigenvalue weighted by molar-refractivity contribution is 0.405. The van der Waals surface area contributed by atoms with Crippen LogP contribution in [0.3, 0.4) is 0 Å². The second-order valence-corrected chi connectivity index (χ2v) is 6.65. The van der Waals surface area contributed by atoms with Crippen LogP contribution in [0.15, 0.2) is 0 Å². The molecule has 2 bridgehead atoms. The largest absolute Gasteiger partial charge is 0.383 e. The fourth-order valence-electron chi connectivity index (χ4n) is 3.82. The van der Waals surface area contributed by atoms with Gasteiger partial charge in [0.15, 0.2) is 0 Å². The Morgan fingerprint density at radius 2 is 2.06 bits per heavy atom. The van der Waals surface area contributed by atoms with E-state index < -0.39 is 0 Å². The molecule has 0 spiro atoms. The predicted molar refractivity (Wildman–Crippen MR) is 69.6 cm³/mol. The predicted octanol–water partition coefficient (Wildman–Crippen LogP) is 2.71. The first-order valence-corrected chi connectivity index (χ1v) is 7.69. The van der Waals surface area contributed by atoms with E-state index >= 15 is 0 Å². The molecule has 4 heteroatoms. The molecular formula is C13H17N3S. The molecule has 2 fully saturated rings. The Bertz CT molecular complexity index is 474. The lowest BCUT2D eigenvalue weighted by Gasteiger charge is -2.21. The lowest BCUT2D eigenvalue weighted by atomic mass is 9.88. The fourth-order valence-corrected chi connectivity index (χ4v) is 4.88. The van der Waals surface area contributed by atoms with Gasteiger partial charge in [0.05, 0.1) is 5.69 Å². The Labute approximate surface area is 106 Å². The van der Waals surface area contributed by atoms with E-state index in [1.54, 1.807) is 0 Å². The highest BCUT2D eigenvalue weighted by atomic mass is 32.2. The van der Waals surface area contributed by atoms with Crippen LogP contribution < -0.4 is 5.73 Å². The molecule has 1 aliphatic heterocycles. The van der Waals surface area contributed by atoms with E-state index in [2.05, 4.69) is 4.98 Å². The van der Waals surface area contributed by atoms with Crippen molar-refractivity contribution in [3.63, 3.8) is 0 Å². The van der Waals surface area contributed by atoms with Crippen LogP contribution in [-0.4, -0.2) is 9.97 Å². The van der Waals surface area contributed by atoms with Gasteiger partial charge in [0.2, 0.25) is 0 Å². The zero-order chi connectivity index (χ0) is 11.4. The van der Waals surface area contributed by atoms with Crippen LogP contribution in [0.1, 0.15) is 48.7 Å². The second-order valence-electron chi connectivity index (χ2n) is 5.67. The van der Waals surface area contributed by atoms with Gasteiger partial charge in [-0.2, -0.15) is 11.8 Å². The summed E-state index contributed by atoms with van der Waals surface area (Å²) in [4.78, 5) is 9.40. The first-order valence-electron chi connectivity index (χ1n) is 6.54. The monoisotopic (exact) mass is 247 g/mol. The third kappa shape index (κ3) is 1.49. The molecule has 0 amide bonds. The Kier molecular flexibility index (Phi) is 2.16. The molecule has 3 nitrogen and oxygen atoms in total. The number of aromatic nitrogens is 2. The van der Waals surface area contributed by atoms with Gasteiger partial charge in [-0.3, -0.25) is 0 Å². The van der Waals surface area contributed by atoms with Crippen molar-refractivity contribution in [2.24, 2.45) is 11.8 Å². The van der Waals surface area contributed by atoms with Crippen molar-refractivity contribution in [3.05, 3.63) is 17.1 Å². The minimum absolute atomic E-state index is 0.604. The Morgan fingerprint density at radius 1 is 1.12 bits per heavy atom. The number of hydrogen-bond acceptors (Lipinski definition) is 4. The number of rotatable bonds is 1. The van der Waals surface area contributed by atoms with E-state index in [9.17, 15) is 0 Å². The first-order chi connectivity index (χ1) is 8.31. The number of nitrogens with two attached hydrogens (primary N) is 1. The quantitative estimate of drug-likeness (QED) is 0.829. The van der Waals surface area contributed by atoms with Crippen LogP contribution in [0.25, 0.3) is 0 Å². The average molecular weight is 247 g/mol. The van der Waals surface area contributed by atoms with Crippen LogP contribution >= 0.6 is 11.8 Å². The summed E-state index contributed by atoms with van der Waals surface area (Å²) in [5, 5.41) is 0. The van der Waals surface area contributed by atoms with Gasteiger partial charge in [-0.1, -0.05) is 6.42 Å². The van der Waals surface area contributed by atoms with Crippen molar-refractivity contribution in [1.82, 2.24) is 9.97 Å². The fraction of sp³-hybridized carbons (Fsp3) is 0.692. The highest BCUT2D eigenvalue weighted by molar-refractivity contribution is 7.98. The summed E-state index contributed by atoms with van der Waals surface area (Å²) >= 11 is 1.90. The van der Waals surface area contributed by atoms with Gasteiger partial charge in [0.1, 0.15) is 11.6 Å². The number of nitrogens with zero attached hydrogens (tertiary/aromatic N) is 2. The Balaban J connectivity index is 1.73. The van der Waals surface area contributed by atoms with Crippen molar-refractivity contribution in [3.8, 4) is 0 Å². The van der Waals surface area contributed by atoms with Crippen molar-refractivity contribution < 1.29 is 0 Å². The van der Waals surface area contributed by atoms with Crippen molar-refractivity contribution in [2.75, 3.05) is 5.73 Å². The zero-order valence-corrected chi connectivity index (χ0v) is 10.7. The molecular weight excluding hydrogens is 230 g/mol. The maximum absolute atomic E-state index is 6.07. The van der Waals surface area contributed by atoms with Gasteiger partial charge in [0.25, 0.3) is 0 Å². The van der Waals surface area contributed by atoms with Crippen molar-refractivity contribution in [2.45, 2.75) is 43.1 Å². The molecule has 2 saturated carbocycles. The Morgan fingerprint density at radius 3 is 2.82 bits per heavy atom. The van der Waals surface area contributed by atoms with Crippen molar-refractivity contribution >= 4 is 17.6 Å². The molecule has 2 N–H and O–H groups in total. The third-order valence-corrected chi connectivity index (χ3v) is 5.67. The summed E-state index contributed by atoms with van der Waals surface area (Å²) in [6.07, 6.45) is 5.51. The minimum atomic E-state index is 0.604. The van der Waals surface area contributed by atoms with Crippen LogP contribution in [0.5, 0.6) is 0 Å². The van der Waals surface area contributed by atoms with Crippen LogP contribution in [0.4, 0.5) is 5.82 Å². The van der Waals surface area contributed by atoms with E-state index in [1.807, 2.05) is 11.8 Å². The molecule has 2 heterocycles. The maximum Gasteiger partial charge on any atom is 0.134 e. The van der Waals surface area contributed by atoms with Crippen LogP contribution in [-0.2, 0) is 11.5 Å². The highest BCUT2D eigenvalue weighted by Gasteiger charge is 2.42. The molecule has 4 rings (SSSR count). The summed E-state index contributed by atoms with van der Waals surface area (Å²) in [6, 6.07) is 0. The summed E-state index contributed by atoms with van der Waals surface area (Å²) in [5.41, 5.74) is 8.48. The number of thioether (sulfide) groups is 1. The van der Waals surface area contributed by atoms with Crippen LogP contribution in [0.2, 0.25) is 0 Å². The topological polar surface area (TPSA) is 51.8 Å².